The van der Waals surface area contributed by atoms with Crippen molar-refractivity contribution in [3.8, 4) is 0 Å². The minimum absolute atomic E-state index is 0.0364. The Morgan fingerprint density at radius 1 is 1.25 bits per heavy atom. The number of hydrogen-bond acceptors (Lipinski definition) is 2. The Morgan fingerprint density at radius 3 is 2.75 bits per heavy atom. The van der Waals surface area contributed by atoms with E-state index in [1.54, 1.807) is 0 Å². The molecular weight excluding hydrogens is 250 g/mol. The Balaban J connectivity index is 1.84. The van der Waals surface area contributed by atoms with E-state index < -0.39 is 0 Å². The number of benzene rings is 1. The quantitative estimate of drug-likeness (QED) is 0.800. The van der Waals surface area contributed by atoms with Crippen LogP contribution in [0.25, 0.3) is 11.0 Å². The van der Waals surface area contributed by atoms with Crippen LogP contribution in [0.5, 0.6) is 0 Å². The first-order chi connectivity index (χ1) is 9.44. The highest BCUT2D eigenvalue weighted by Gasteiger charge is 2.26. The topological polar surface area (TPSA) is 38.1 Å². The predicted molar refractivity (Wildman–Crippen MR) is 79.2 cm³/mol. The second-order valence-corrected chi connectivity index (χ2v) is 6.72. The number of imidazole rings is 1. The van der Waals surface area contributed by atoms with Gasteiger partial charge < -0.3 is 9.47 Å². The molecule has 1 aliphatic rings. The molecule has 0 saturated heterocycles. The molecule has 4 nitrogen and oxygen atoms in total. The zero-order valence-electron chi connectivity index (χ0n) is 12.4. The van der Waals surface area contributed by atoms with Crippen molar-refractivity contribution in [1.82, 2.24) is 14.5 Å². The fraction of sp³-hybridized carbons (Fsp3) is 0.500. The molecule has 1 aromatic heterocycles. The molecule has 1 aliphatic heterocycles. The van der Waals surface area contributed by atoms with Crippen LogP contribution in [0.3, 0.4) is 0 Å². The van der Waals surface area contributed by atoms with Gasteiger partial charge in [-0.1, -0.05) is 32.9 Å². The summed E-state index contributed by atoms with van der Waals surface area (Å²) in [6, 6.07) is 8.17. The van der Waals surface area contributed by atoms with Crippen molar-refractivity contribution in [2.24, 2.45) is 5.41 Å². The molecule has 0 N–H and O–H groups in total. The van der Waals surface area contributed by atoms with Gasteiger partial charge in [-0.05, 0) is 17.5 Å². The maximum Gasteiger partial charge on any atom is 0.223 e. The Kier molecular flexibility index (Phi) is 3.04. The van der Waals surface area contributed by atoms with Gasteiger partial charge in [0.15, 0.2) is 0 Å². The lowest BCUT2D eigenvalue weighted by molar-refractivity contribution is -0.134. The van der Waals surface area contributed by atoms with E-state index in [2.05, 4.69) is 36.4 Å². The second-order valence-electron chi connectivity index (χ2n) is 6.72. The van der Waals surface area contributed by atoms with Crippen LogP contribution >= 0.6 is 0 Å². The van der Waals surface area contributed by atoms with Crippen molar-refractivity contribution in [3.63, 3.8) is 0 Å². The molecular formula is C16H21N3O. The molecule has 0 fully saturated rings. The van der Waals surface area contributed by atoms with Crippen LogP contribution in [0.1, 0.15) is 33.0 Å². The van der Waals surface area contributed by atoms with Crippen LogP contribution in [0, 0.1) is 5.41 Å². The molecule has 1 aromatic carbocycles. The molecule has 1 amide bonds. The van der Waals surface area contributed by atoms with Gasteiger partial charge in [-0.15, -0.1) is 0 Å². The fourth-order valence-corrected chi connectivity index (χ4v) is 2.74. The molecule has 0 radical (unpaired) electrons. The van der Waals surface area contributed by atoms with E-state index in [1.165, 1.54) is 5.52 Å². The average molecular weight is 271 g/mol. The van der Waals surface area contributed by atoms with Gasteiger partial charge in [-0.25, -0.2) is 4.98 Å². The van der Waals surface area contributed by atoms with Gasteiger partial charge in [0.1, 0.15) is 5.82 Å². The van der Waals surface area contributed by atoms with Gasteiger partial charge in [0.05, 0.1) is 17.6 Å². The van der Waals surface area contributed by atoms with E-state index in [1.807, 2.05) is 23.1 Å². The molecule has 106 valence electrons. The highest BCUT2D eigenvalue weighted by Crippen LogP contribution is 2.24. The summed E-state index contributed by atoms with van der Waals surface area (Å²) in [7, 11) is 0. The fourth-order valence-electron chi connectivity index (χ4n) is 2.74. The van der Waals surface area contributed by atoms with Crippen LogP contribution in [-0.4, -0.2) is 26.9 Å². The molecule has 2 aromatic rings. The van der Waals surface area contributed by atoms with Gasteiger partial charge in [0, 0.05) is 19.5 Å². The largest absolute Gasteiger partial charge is 0.333 e. The number of para-hydroxylation sites is 2. The summed E-state index contributed by atoms with van der Waals surface area (Å²) in [4.78, 5) is 18.9. The molecule has 3 rings (SSSR count). The predicted octanol–water partition coefficient (Wildman–Crippen LogP) is 2.81. The van der Waals surface area contributed by atoms with Gasteiger partial charge in [-0.2, -0.15) is 0 Å². The van der Waals surface area contributed by atoms with Crippen LogP contribution in [0.2, 0.25) is 0 Å². The minimum Gasteiger partial charge on any atom is -0.333 e. The Hall–Kier alpha value is -1.84. The number of hydrogen-bond donors (Lipinski definition) is 0. The molecule has 0 unspecified atom stereocenters. The zero-order valence-corrected chi connectivity index (χ0v) is 12.4. The average Bonchev–Trinajstić information content (AvgIpc) is 2.74. The molecule has 4 heteroatoms. The van der Waals surface area contributed by atoms with Crippen molar-refractivity contribution >= 4 is 16.9 Å². The van der Waals surface area contributed by atoms with Crippen molar-refractivity contribution in [3.05, 3.63) is 30.1 Å². The maximum atomic E-state index is 12.3. The summed E-state index contributed by atoms with van der Waals surface area (Å²) >= 11 is 0. The first kappa shape index (κ1) is 13.2. The Bertz CT molecular complexity index is 651. The van der Waals surface area contributed by atoms with Crippen molar-refractivity contribution in [2.75, 3.05) is 6.54 Å². The van der Waals surface area contributed by atoms with Crippen LogP contribution in [0.4, 0.5) is 0 Å². The number of fused-ring (bicyclic) bond motifs is 3. The first-order valence-corrected chi connectivity index (χ1v) is 7.16. The summed E-state index contributed by atoms with van der Waals surface area (Å²) in [5, 5.41) is 0. The van der Waals surface area contributed by atoms with Crippen molar-refractivity contribution in [2.45, 2.75) is 40.3 Å². The lowest BCUT2D eigenvalue weighted by Crippen LogP contribution is -2.39. The third-order valence-electron chi connectivity index (χ3n) is 3.69. The SMILES string of the molecule is CC(C)(C)CC(=O)N1CCn2c(nc3ccccc32)C1. The van der Waals surface area contributed by atoms with E-state index in [9.17, 15) is 4.79 Å². The number of amides is 1. The molecule has 20 heavy (non-hydrogen) atoms. The minimum atomic E-state index is 0.0364. The number of carbonyl (C=O) groups excluding carboxylic acids is 1. The Morgan fingerprint density at radius 2 is 2.00 bits per heavy atom. The summed E-state index contributed by atoms with van der Waals surface area (Å²) in [5.74, 6) is 1.23. The monoisotopic (exact) mass is 271 g/mol. The lowest BCUT2D eigenvalue weighted by Gasteiger charge is -2.30. The normalized spacial score (nSPS) is 15.4. The van der Waals surface area contributed by atoms with Crippen molar-refractivity contribution < 1.29 is 4.79 Å². The van der Waals surface area contributed by atoms with Gasteiger partial charge in [0.25, 0.3) is 0 Å². The summed E-state index contributed by atoms with van der Waals surface area (Å²) in [5.41, 5.74) is 2.23. The standard InChI is InChI=1S/C16H21N3O/c1-16(2,3)10-15(20)18-8-9-19-13-7-5-4-6-12(13)17-14(19)11-18/h4-7H,8-11H2,1-3H3. The summed E-state index contributed by atoms with van der Waals surface area (Å²) in [6.07, 6.45) is 0.591. The van der Waals surface area contributed by atoms with Gasteiger partial charge >= 0.3 is 0 Å². The van der Waals surface area contributed by atoms with E-state index in [0.29, 0.717) is 13.0 Å². The highest BCUT2D eigenvalue weighted by atomic mass is 16.2. The maximum absolute atomic E-state index is 12.3. The van der Waals surface area contributed by atoms with E-state index in [4.69, 9.17) is 0 Å². The molecule has 0 bridgehead atoms. The zero-order chi connectivity index (χ0) is 14.3. The van der Waals surface area contributed by atoms with Gasteiger partial charge in [0.2, 0.25) is 5.91 Å². The third kappa shape index (κ3) is 2.42. The Labute approximate surface area is 119 Å². The first-order valence-electron chi connectivity index (χ1n) is 7.16. The summed E-state index contributed by atoms with van der Waals surface area (Å²) in [6.45, 7) is 8.55. The number of aromatic nitrogens is 2. The number of rotatable bonds is 1. The molecule has 2 heterocycles. The molecule has 0 aliphatic carbocycles. The molecule has 0 saturated carbocycles. The molecule has 0 atom stereocenters. The lowest BCUT2D eigenvalue weighted by atomic mass is 9.91. The van der Waals surface area contributed by atoms with E-state index in [-0.39, 0.29) is 11.3 Å². The smallest absolute Gasteiger partial charge is 0.223 e. The molecule has 0 spiro atoms. The highest BCUT2D eigenvalue weighted by molar-refractivity contribution is 5.78. The summed E-state index contributed by atoms with van der Waals surface area (Å²) < 4.78 is 2.23. The van der Waals surface area contributed by atoms with E-state index in [0.717, 1.165) is 24.4 Å². The van der Waals surface area contributed by atoms with Crippen LogP contribution < -0.4 is 0 Å². The van der Waals surface area contributed by atoms with Crippen LogP contribution in [0.15, 0.2) is 24.3 Å². The number of carbonyl (C=O) groups is 1. The van der Waals surface area contributed by atoms with Crippen molar-refractivity contribution in [1.29, 1.82) is 0 Å². The van der Waals surface area contributed by atoms with Gasteiger partial charge in [-0.3, -0.25) is 4.79 Å². The van der Waals surface area contributed by atoms with E-state index >= 15 is 0 Å². The second kappa shape index (κ2) is 4.62. The third-order valence-corrected chi connectivity index (χ3v) is 3.69. The van der Waals surface area contributed by atoms with Crippen LogP contribution in [-0.2, 0) is 17.9 Å². The number of nitrogens with zero attached hydrogens (tertiary/aromatic N) is 3.